The van der Waals surface area contributed by atoms with Gasteiger partial charge in [-0.1, -0.05) is 38.1 Å². The van der Waals surface area contributed by atoms with Gasteiger partial charge in [0.1, 0.15) is 0 Å². The van der Waals surface area contributed by atoms with Gasteiger partial charge < -0.3 is 5.11 Å². The summed E-state index contributed by atoms with van der Waals surface area (Å²) in [5, 5.41) is 9.96. The predicted molar refractivity (Wildman–Crippen MR) is 55.7 cm³/mol. The highest BCUT2D eigenvalue weighted by Crippen LogP contribution is 2.23. The summed E-state index contributed by atoms with van der Waals surface area (Å²) < 4.78 is 0. The lowest BCUT2D eigenvalue weighted by Crippen LogP contribution is -2.19. The Hall–Kier alpha value is -0.820. The molecule has 1 atom stereocenters. The first-order valence-electron chi connectivity index (χ1n) is 4.92. The maximum Gasteiger partial charge on any atom is 0.0865 e. The molecule has 1 heteroatoms. The van der Waals surface area contributed by atoms with Crippen molar-refractivity contribution in [3.8, 4) is 0 Å². The van der Waals surface area contributed by atoms with Gasteiger partial charge in [0.15, 0.2) is 0 Å². The highest BCUT2D eigenvalue weighted by Gasteiger charge is 2.19. The zero-order valence-electron chi connectivity index (χ0n) is 8.67. The van der Waals surface area contributed by atoms with E-state index < -0.39 is 5.60 Å². The van der Waals surface area contributed by atoms with Crippen LogP contribution in [0.2, 0.25) is 0 Å². The molecule has 1 nitrogen and oxygen atoms in total. The van der Waals surface area contributed by atoms with Crippen LogP contribution in [0, 0.1) is 0 Å². The van der Waals surface area contributed by atoms with Crippen LogP contribution in [0.4, 0.5) is 0 Å². The van der Waals surface area contributed by atoms with E-state index in [1.165, 1.54) is 5.56 Å². The largest absolute Gasteiger partial charge is 0.385 e. The Morgan fingerprint density at radius 3 is 2.08 bits per heavy atom. The van der Waals surface area contributed by atoms with E-state index >= 15 is 0 Å². The molecule has 13 heavy (non-hydrogen) atoms. The van der Waals surface area contributed by atoms with Crippen molar-refractivity contribution in [1.29, 1.82) is 0 Å². The number of rotatable bonds is 3. The van der Waals surface area contributed by atoms with Crippen molar-refractivity contribution in [2.24, 2.45) is 0 Å². The number of hydrogen-bond acceptors (Lipinski definition) is 1. The van der Waals surface area contributed by atoms with Gasteiger partial charge in [-0.05, 0) is 30.9 Å². The second-order valence-corrected chi connectivity index (χ2v) is 3.68. The molecule has 1 N–H and O–H groups in total. The minimum absolute atomic E-state index is 0.674. The van der Waals surface area contributed by atoms with Crippen LogP contribution >= 0.6 is 0 Å². The highest BCUT2D eigenvalue weighted by atomic mass is 16.3. The van der Waals surface area contributed by atoms with Gasteiger partial charge in [-0.15, -0.1) is 0 Å². The van der Waals surface area contributed by atoms with Gasteiger partial charge in [-0.25, -0.2) is 0 Å². The lowest BCUT2D eigenvalue weighted by molar-refractivity contribution is 0.0531. The second kappa shape index (κ2) is 3.93. The first-order valence-corrected chi connectivity index (χ1v) is 4.92. The summed E-state index contributed by atoms with van der Waals surface area (Å²) in [5.74, 6) is 0. The van der Waals surface area contributed by atoms with Crippen LogP contribution in [0.3, 0.4) is 0 Å². The van der Waals surface area contributed by atoms with Crippen molar-refractivity contribution in [1.82, 2.24) is 0 Å². The third-order valence-corrected chi connectivity index (χ3v) is 2.67. The normalized spacial score (nSPS) is 15.4. The molecule has 0 unspecified atom stereocenters. The number of benzene rings is 1. The Bertz CT molecular complexity index is 259. The van der Waals surface area contributed by atoms with E-state index in [0.717, 1.165) is 18.4 Å². The smallest absolute Gasteiger partial charge is 0.0865 e. The fraction of sp³-hybridized carbons (Fsp3) is 0.500. The Morgan fingerprint density at radius 1 is 1.15 bits per heavy atom. The monoisotopic (exact) mass is 178 g/mol. The van der Waals surface area contributed by atoms with Gasteiger partial charge in [0.05, 0.1) is 5.60 Å². The van der Waals surface area contributed by atoms with Crippen LogP contribution < -0.4 is 0 Å². The molecule has 1 aromatic carbocycles. The third-order valence-electron chi connectivity index (χ3n) is 2.67. The van der Waals surface area contributed by atoms with Crippen LogP contribution in [-0.4, -0.2) is 5.11 Å². The SMILES string of the molecule is CCc1ccc([C@@](C)(O)CC)cc1. The minimum atomic E-state index is -0.674. The molecule has 0 amide bonds. The zero-order chi connectivity index (χ0) is 9.90. The van der Waals surface area contributed by atoms with Gasteiger partial charge in [0.25, 0.3) is 0 Å². The quantitative estimate of drug-likeness (QED) is 0.754. The Balaban J connectivity index is 2.92. The predicted octanol–water partition coefficient (Wildman–Crippen LogP) is 2.87. The minimum Gasteiger partial charge on any atom is -0.385 e. The van der Waals surface area contributed by atoms with Gasteiger partial charge in [0, 0.05) is 0 Å². The first-order chi connectivity index (χ1) is 6.10. The van der Waals surface area contributed by atoms with E-state index in [4.69, 9.17) is 0 Å². The molecule has 0 aliphatic heterocycles. The lowest BCUT2D eigenvalue weighted by atomic mass is 9.92. The molecule has 1 aromatic rings. The van der Waals surface area contributed by atoms with Crippen molar-refractivity contribution in [3.63, 3.8) is 0 Å². The van der Waals surface area contributed by atoms with Crippen molar-refractivity contribution < 1.29 is 5.11 Å². The van der Waals surface area contributed by atoms with Crippen LogP contribution in [0.5, 0.6) is 0 Å². The topological polar surface area (TPSA) is 20.2 Å². The summed E-state index contributed by atoms with van der Waals surface area (Å²) in [6.07, 6.45) is 1.80. The summed E-state index contributed by atoms with van der Waals surface area (Å²) in [5.41, 5.74) is 1.65. The summed E-state index contributed by atoms with van der Waals surface area (Å²) in [6.45, 7) is 5.98. The molecule has 0 heterocycles. The van der Waals surface area contributed by atoms with Crippen LogP contribution in [0.1, 0.15) is 38.3 Å². The molecule has 0 aliphatic carbocycles. The third kappa shape index (κ3) is 2.31. The van der Waals surface area contributed by atoms with Crippen LogP contribution in [0.25, 0.3) is 0 Å². The molecule has 0 saturated heterocycles. The fourth-order valence-electron chi connectivity index (χ4n) is 1.30. The molecule has 0 aromatic heterocycles. The van der Waals surface area contributed by atoms with Crippen molar-refractivity contribution in [3.05, 3.63) is 35.4 Å². The molecule has 0 aliphatic rings. The van der Waals surface area contributed by atoms with Crippen molar-refractivity contribution in [2.75, 3.05) is 0 Å². The lowest BCUT2D eigenvalue weighted by Gasteiger charge is -2.21. The van der Waals surface area contributed by atoms with E-state index in [1.807, 2.05) is 26.0 Å². The summed E-state index contributed by atoms with van der Waals surface area (Å²) in [4.78, 5) is 0. The number of hydrogen-bond donors (Lipinski definition) is 1. The zero-order valence-corrected chi connectivity index (χ0v) is 8.67. The molecular formula is C12H18O. The highest BCUT2D eigenvalue weighted by molar-refractivity contribution is 5.26. The molecule has 0 fully saturated rings. The molecule has 0 spiro atoms. The fourth-order valence-corrected chi connectivity index (χ4v) is 1.30. The Labute approximate surface area is 80.4 Å². The molecule has 1 rings (SSSR count). The summed E-state index contributed by atoms with van der Waals surface area (Å²) in [6, 6.07) is 8.20. The van der Waals surface area contributed by atoms with Crippen molar-refractivity contribution in [2.45, 2.75) is 39.2 Å². The van der Waals surface area contributed by atoms with Gasteiger partial charge in [-0.3, -0.25) is 0 Å². The first kappa shape index (κ1) is 10.3. The van der Waals surface area contributed by atoms with Crippen LogP contribution in [0.15, 0.2) is 24.3 Å². The molecular weight excluding hydrogens is 160 g/mol. The van der Waals surface area contributed by atoms with Crippen LogP contribution in [-0.2, 0) is 12.0 Å². The molecule has 0 saturated carbocycles. The Morgan fingerprint density at radius 2 is 1.69 bits per heavy atom. The van der Waals surface area contributed by atoms with Gasteiger partial charge >= 0.3 is 0 Å². The average molecular weight is 178 g/mol. The van der Waals surface area contributed by atoms with Gasteiger partial charge in [0.2, 0.25) is 0 Å². The standard InChI is InChI=1S/C12H18O/c1-4-10-6-8-11(9-7-10)12(3,13)5-2/h6-9,13H,4-5H2,1-3H3/t12-/m0/s1. The maximum atomic E-state index is 9.96. The van der Waals surface area contributed by atoms with Gasteiger partial charge in [-0.2, -0.15) is 0 Å². The molecule has 0 bridgehead atoms. The number of aryl methyl sites for hydroxylation is 1. The second-order valence-electron chi connectivity index (χ2n) is 3.68. The molecule has 72 valence electrons. The van der Waals surface area contributed by atoms with E-state index in [-0.39, 0.29) is 0 Å². The molecule has 0 radical (unpaired) electrons. The number of aliphatic hydroxyl groups is 1. The van der Waals surface area contributed by atoms with E-state index in [9.17, 15) is 5.11 Å². The maximum absolute atomic E-state index is 9.96. The van der Waals surface area contributed by atoms with E-state index in [2.05, 4.69) is 19.1 Å². The van der Waals surface area contributed by atoms with E-state index in [1.54, 1.807) is 0 Å². The van der Waals surface area contributed by atoms with E-state index in [0.29, 0.717) is 0 Å². The average Bonchev–Trinajstić information content (AvgIpc) is 2.18. The summed E-state index contributed by atoms with van der Waals surface area (Å²) >= 11 is 0. The summed E-state index contributed by atoms with van der Waals surface area (Å²) in [7, 11) is 0. The Kier molecular flexibility index (Phi) is 3.10. The van der Waals surface area contributed by atoms with Crippen molar-refractivity contribution >= 4 is 0 Å².